The van der Waals surface area contributed by atoms with Crippen molar-refractivity contribution in [3.8, 4) is 0 Å². The first kappa shape index (κ1) is 18.3. The molecule has 7 nitrogen and oxygen atoms in total. The monoisotopic (exact) mass is 394 g/mol. The average Bonchev–Trinajstić information content (AvgIpc) is 3.14. The molecule has 1 N–H and O–H groups in total. The first-order valence-electron chi connectivity index (χ1n) is 10.6. The molecule has 1 aromatic heterocycles. The van der Waals surface area contributed by atoms with E-state index in [4.69, 9.17) is 0 Å². The minimum absolute atomic E-state index is 0.0901. The fraction of sp³-hybridized carbons (Fsp3) is 0.545. The predicted octanol–water partition coefficient (Wildman–Crippen LogP) is 4.53. The highest BCUT2D eigenvalue weighted by Gasteiger charge is 2.53. The van der Waals surface area contributed by atoms with E-state index in [0.717, 1.165) is 31.2 Å². The van der Waals surface area contributed by atoms with Crippen LogP contribution in [0.1, 0.15) is 61.5 Å². The van der Waals surface area contributed by atoms with Gasteiger partial charge in [0.25, 0.3) is 5.91 Å². The molecule has 2 aromatic rings. The third-order valence-corrected chi connectivity index (χ3v) is 7.19. The molecule has 1 heterocycles. The zero-order valence-corrected chi connectivity index (χ0v) is 16.6. The zero-order valence-electron chi connectivity index (χ0n) is 16.6. The normalized spacial score (nSPS) is 29.8. The van der Waals surface area contributed by atoms with E-state index in [-0.39, 0.29) is 16.9 Å². The van der Waals surface area contributed by atoms with Crippen LogP contribution in [0.3, 0.4) is 0 Å². The highest BCUT2D eigenvalue weighted by atomic mass is 16.6. The van der Waals surface area contributed by atoms with Gasteiger partial charge in [0.2, 0.25) is 5.69 Å². The SMILES string of the molecule is CCc1cccc(NC(=O)c2nn(C34CC5CC(CC(C5)C3)C4)cc2[N+](=O)[O-])c1. The lowest BCUT2D eigenvalue weighted by Crippen LogP contribution is -2.52. The lowest BCUT2D eigenvalue weighted by atomic mass is 9.53. The van der Waals surface area contributed by atoms with Crippen molar-refractivity contribution in [3.63, 3.8) is 0 Å². The summed E-state index contributed by atoms with van der Waals surface area (Å²) < 4.78 is 1.78. The molecule has 4 aliphatic rings. The van der Waals surface area contributed by atoms with Crippen LogP contribution in [0.15, 0.2) is 30.5 Å². The Balaban J connectivity index is 1.47. The quantitative estimate of drug-likeness (QED) is 0.596. The number of hydrogen-bond acceptors (Lipinski definition) is 4. The number of carbonyl (C=O) groups excluding carboxylic acids is 1. The highest BCUT2D eigenvalue weighted by molar-refractivity contribution is 6.05. The van der Waals surface area contributed by atoms with Crippen molar-refractivity contribution in [3.05, 3.63) is 51.8 Å². The van der Waals surface area contributed by atoms with E-state index in [0.29, 0.717) is 23.4 Å². The standard InChI is InChI=1S/C22H26N4O3/c1-2-14-4-3-5-18(9-14)23-21(27)20-19(26(28)29)13-25(24-20)22-10-15-6-16(11-22)8-17(7-15)12-22/h3-5,9,13,15-17H,2,6-8,10-12H2,1H3,(H,23,27). The van der Waals surface area contributed by atoms with Crippen molar-refractivity contribution < 1.29 is 9.72 Å². The van der Waals surface area contributed by atoms with Gasteiger partial charge in [-0.3, -0.25) is 19.6 Å². The number of nitrogens with one attached hydrogen (secondary N) is 1. The van der Waals surface area contributed by atoms with Gasteiger partial charge in [0.1, 0.15) is 6.20 Å². The Morgan fingerprint density at radius 3 is 2.48 bits per heavy atom. The summed E-state index contributed by atoms with van der Waals surface area (Å²) in [5, 5.41) is 19.0. The second kappa shape index (κ2) is 6.68. The lowest BCUT2D eigenvalue weighted by molar-refractivity contribution is -0.385. The van der Waals surface area contributed by atoms with Crippen molar-refractivity contribution in [1.82, 2.24) is 9.78 Å². The Labute approximate surface area is 169 Å². The number of aryl methyl sites for hydroxylation is 1. The second-order valence-electron chi connectivity index (χ2n) is 9.21. The van der Waals surface area contributed by atoms with E-state index in [1.165, 1.54) is 25.5 Å². The van der Waals surface area contributed by atoms with E-state index in [9.17, 15) is 14.9 Å². The molecule has 0 radical (unpaired) electrons. The molecular formula is C22H26N4O3. The van der Waals surface area contributed by atoms with Crippen LogP contribution < -0.4 is 5.32 Å². The molecule has 7 heteroatoms. The lowest BCUT2D eigenvalue weighted by Gasteiger charge is -2.56. The summed E-state index contributed by atoms with van der Waals surface area (Å²) in [7, 11) is 0. The predicted molar refractivity (Wildman–Crippen MR) is 109 cm³/mol. The van der Waals surface area contributed by atoms with Crippen molar-refractivity contribution in [2.45, 2.75) is 57.4 Å². The van der Waals surface area contributed by atoms with Gasteiger partial charge in [-0.05, 0) is 80.4 Å². The molecule has 4 fully saturated rings. The third-order valence-electron chi connectivity index (χ3n) is 7.19. The van der Waals surface area contributed by atoms with Gasteiger partial charge in [0.15, 0.2) is 0 Å². The van der Waals surface area contributed by atoms with Crippen LogP contribution in [0.25, 0.3) is 0 Å². The summed E-state index contributed by atoms with van der Waals surface area (Å²) in [4.78, 5) is 24.1. The largest absolute Gasteiger partial charge is 0.320 e. The number of hydrogen-bond donors (Lipinski definition) is 1. The molecule has 0 aliphatic heterocycles. The molecule has 0 atom stereocenters. The Hall–Kier alpha value is -2.70. The van der Waals surface area contributed by atoms with Crippen LogP contribution in [0.4, 0.5) is 11.4 Å². The molecule has 4 saturated carbocycles. The number of nitrogens with zero attached hydrogens (tertiary/aromatic N) is 3. The minimum atomic E-state index is -0.520. The van der Waals surface area contributed by atoms with Crippen LogP contribution in [-0.2, 0) is 12.0 Å². The van der Waals surface area contributed by atoms with Crippen molar-refractivity contribution in [1.29, 1.82) is 0 Å². The molecule has 0 spiro atoms. The van der Waals surface area contributed by atoms with Crippen LogP contribution in [-0.4, -0.2) is 20.6 Å². The van der Waals surface area contributed by atoms with Crippen molar-refractivity contribution in [2.24, 2.45) is 17.8 Å². The zero-order chi connectivity index (χ0) is 20.2. The van der Waals surface area contributed by atoms with Gasteiger partial charge in [0, 0.05) is 5.69 Å². The number of carbonyl (C=O) groups is 1. The third kappa shape index (κ3) is 3.12. The van der Waals surface area contributed by atoms with E-state index in [1.807, 2.05) is 25.1 Å². The topological polar surface area (TPSA) is 90.1 Å². The molecule has 1 amide bonds. The second-order valence-corrected chi connectivity index (χ2v) is 9.21. The van der Waals surface area contributed by atoms with Gasteiger partial charge in [0.05, 0.1) is 10.5 Å². The fourth-order valence-electron chi connectivity index (χ4n) is 6.31. The van der Waals surface area contributed by atoms with Crippen LogP contribution in [0.5, 0.6) is 0 Å². The van der Waals surface area contributed by atoms with Crippen molar-refractivity contribution >= 4 is 17.3 Å². The van der Waals surface area contributed by atoms with E-state index >= 15 is 0 Å². The highest BCUT2D eigenvalue weighted by Crippen LogP contribution is 2.58. The minimum Gasteiger partial charge on any atom is -0.320 e. The Morgan fingerprint density at radius 1 is 1.24 bits per heavy atom. The first-order chi connectivity index (χ1) is 14.0. The number of aromatic nitrogens is 2. The van der Waals surface area contributed by atoms with E-state index in [2.05, 4.69) is 10.4 Å². The number of benzene rings is 1. The van der Waals surface area contributed by atoms with Gasteiger partial charge < -0.3 is 5.32 Å². The van der Waals surface area contributed by atoms with Gasteiger partial charge in [-0.1, -0.05) is 19.1 Å². The van der Waals surface area contributed by atoms with Crippen LogP contribution in [0.2, 0.25) is 0 Å². The molecule has 1 aromatic carbocycles. The molecule has 29 heavy (non-hydrogen) atoms. The van der Waals surface area contributed by atoms with Gasteiger partial charge in [-0.15, -0.1) is 0 Å². The summed E-state index contributed by atoms with van der Waals surface area (Å²) in [6.45, 7) is 2.04. The maximum absolute atomic E-state index is 12.9. The molecule has 6 rings (SSSR count). The number of rotatable bonds is 5. The first-order valence-corrected chi connectivity index (χ1v) is 10.6. The number of anilines is 1. The molecule has 0 unspecified atom stereocenters. The van der Waals surface area contributed by atoms with Gasteiger partial charge in [-0.25, -0.2) is 0 Å². The van der Waals surface area contributed by atoms with E-state index in [1.54, 1.807) is 10.7 Å². The smallest absolute Gasteiger partial charge is 0.320 e. The summed E-state index contributed by atoms with van der Waals surface area (Å²) >= 11 is 0. The summed E-state index contributed by atoms with van der Waals surface area (Å²) in [5.41, 5.74) is 1.28. The maximum Gasteiger partial charge on any atom is 0.320 e. The fourth-order valence-corrected chi connectivity index (χ4v) is 6.31. The molecule has 4 bridgehead atoms. The van der Waals surface area contributed by atoms with E-state index < -0.39 is 10.8 Å². The number of nitro groups is 1. The summed E-state index contributed by atoms with van der Waals surface area (Å²) in [6.07, 6.45) is 9.28. The Kier molecular flexibility index (Phi) is 4.22. The molecule has 152 valence electrons. The molecule has 4 aliphatic carbocycles. The molecular weight excluding hydrogens is 368 g/mol. The maximum atomic E-state index is 12.9. The summed E-state index contributed by atoms with van der Waals surface area (Å²) in [6, 6.07) is 7.54. The van der Waals surface area contributed by atoms with Gasteiger partial charge in [-0.2, -0.15) is 5.10 Å². The molecule has 0 saturated heterocycles. The van der Waals surface area contributed by atoms with Crippen LogP contribution in [0, 0.1) is 27.9 Å². The number of amides is 1. The van der Waals surface area contributed by atoms with Crippen LogP contribution >= 0.6 is 0 Å². The van der Waals surface area contributed by atoms with Gasteiger partial charge >= 0.3 is 5.69 Å². The Bertz CT molecular complexity index is 945. The Morgan fingerprint density at radius 2 is 1.90 bits per heavy atom. The van der Waals surface area contributed by atoms with Crippen molar-refractivity contribution in [2.75, 3.05) is 5.32 Å². The summed E-state index contributed by atoms with van der Waals surface area (Å²) in [5.74, 6) is 1.56. The average molecular weight is 394 g/mol.